The first kappa shape index (κ1) is 13.5. The van der Waals surface area contributed by atoms with Crippen LogP contribution in [0.15, 0.2) is 30.5 Å². The van der Waals surface area contributed by atoms with Gasteiger partial charge in [-0.3, -0.25) is 10.1 Å². The first-order chi connectivity index (χ1) is 9.10. The standard InChI is InChI=1S/C13H15N3O2S/c1-3-10-4-6-11(7-5-10)9(2)15-13-14-8-12(19-13)16(17)18/h4-9H,3H2,1-2H3,(H,14,15). The van der Waals surface area contributed by atoms with E-state index in [9.17, 15) is 10.1 Å². The van der Waals surface area contributed by atoms with Crippen molar-refractivity contribution in [3.05, 3.63) is 51.7 Å². The van der Waals surface area contributed by atoms with Crippen molar-refractivity contribution in [2.24, 2.45) is 0 Å². The van der Waals surface area contributed by atoms with Crippen molar-refractivity contribution in [2.45, 2.75) is 26.3 Å². The molecule has 0 radical (unpaired) electrons. The maximum Gasteiger partial charge on any atom is 0.345 e. The number of aryl methyl sites for hydroxylation is 1. The maximum absolute atomic E-state index is 10.6. The van der Waals surface area contributed by atoms with Crippen LogP contribution in [0.4, 0.5) is 10.1 Å². The van der Waals surface area contributed by atoms with Crippen LogP contribution in [-0.2, 0) is 6.42 Å². The quantitative estimate of drug-likeness (QED) is 0.667. The first-order valence-corrected chi connectivity index (χ1v) is 6.87. The molecule has 0 saturated heterocycles. The Morgan fingerprint density at radius 3 is 2.63 bits per heavy atom. The Morgan fingerprint density at radius 2 is 2.11 bits per heavy atom. The van der Waals surface area contributed by atoms with Gasteiger partial charge >= 0.3 is 5.00 Å². The monoisotopic (exact) mass is 277 g/mol. The SMILES string of the molecule is CCc1ccc(C(C)Nc2ncc([N+](=O)[O-])s2)cc1. The lowest BCUT2D eigenvalue weighted by molar-refractivity contribution is -0.380. The largest absolute Gasteiger partial charge is 0.355 e. The summed E-state index contributed by atoms with van der Waals surface area (Å²) in [7, 11) is 0. The number of anilines is 1. The van der Waals surface area contributed by atoms with E-state index in [2.05, 4.69) is 41.5 Å². The van der Waals surface area contributed by atoms with Gasteiger partial charge in [-0.05, 0) is 35.8 Å². The van der Waals surface area contributed by atoms with Crippen molar-refractivity contribution >= 4 is 21.5 Å². The number of nitro groups is 1. The lowest BCUT2D eigenvalue weighted by atomic mass is 10.1. The van der Waals surface area contributed by atoms with Gasteiger partial charge in [-0.1, -0.05) is 31.2 Å². The minimum absolute atomic E-state index is 0.0519. The van der Waals surface area contributed by atoms with E-state index in [0.717, 1.165) is 23.3 Å². The second kappa shape index (κ2) is 5.79. The van der Waals surface area contributed by atoms with Crippen LogP contribution < -0.4 is 5.32 Å². The molecule has 0 amide bonds. The molecule has 1 heterocycles. The summed E-state index contributed by atoms with van der Waals surface area (Å²) in [4.78, 5) is 14.2. The molecule has 19 heavy (non-hydrogen) atoms. The van der Waals surface area contributed by atoms with Crippen molar-refractivity contribution in [3.8, 4) is 0 Å². The maximum atomic E-state index is 10.6. The number of benzene rings is 1. The molecule has 2 aromatic rings. The van der Waals surface area contributed by atoms with Gasteiger partial charge in [0.25, 0.3) is 0 Å². The molecule has 0 spiro atoms. The van der Waals surface area contributed by atoms with E-state index in [1.807, 2.05) is 6.92 Å². The highest BCUT2D eigenvalue weighted by Crippen LogP contribution is 2.28. The van der Waals surface area contributed by atoms with Crippen molar-refractivity contribution in [3.63, 3.8) is 0 Å². The minimum atomic E-state index is -0.427. The van der Waals surface area contributed by atoms with Crippen LogP contribution in [0, 0.1) is 10.1 Å². The van der Waals surface area contributed by atoms with Gasteiger partial charge in [-0.2, -0.15) is 0 Å². The highest BCUT2D eigenvalue weighted by atomic mass is 32.1. The van der Waals surface area contributed by atoms with Crippen molar-refractivity contribution in [1.82, 2.24) is 4.98 Å². The molecule has 1 N–H and O–H groups in total. The summed E-state index contributed by atoms with van der Waals surface area (Å²) in [6.45, 7) is 4.12. The lowest BCUT2D eigenvalue weighted by Crippen LogP contribution is -2.06. The molecular weight excluding hydrogens is 262 g/mol. The van der Waals surface area contributed by atoms with Crippen molar-refractivity contribution in [1.29, 1.82) is 0 Å². The van der Waals surface area contributed by atoms with Crippen LogP contribution in [-0.4, -0.2) is 9.91 Å². The zero-order chi connectivity index (χ0) is 13.8. The second-order valence-electron chi connectivity index (χ2n) is 4.22. The van der Waals surface area contributed by atoms with E-state index in [1.165, 1.54) is 11.8 Å². The highest BCUT2D eigenvalue weighted by molar-refractivity contribution is 7.18. The van der Waals surface area contributed by atoms with Gasteiger partial charge in [0.2, 0.25) is 0 Å². The van der Waals surface area contributed by atoms with E-state index in [0.29, 0.717) is 5.13 Å². The van der Waals surface area contributed by atoms with Gasteiger partial charge in [0, 0.05) is 0 Å². The lowest BCUT2D eigenvalue weighted by Gasteiger charge is -2.13. The third-order valence-electron chi connectivity index (χ3n) is 2.90. The summed E-state index contributed by atoms with van der Waals surface area (Å²) in [5, 5.41) is 14.4. The van der Waals surface area contributed by atoms with E-state index in [-0.39, 0.29) is 11.0 Å². The Kier molecular flexibility index (Phi) is 4.11. The Bertz CT molecular complexity index is 566. The van der Waals surface area contributed by atoms with E-state index in [1.54, 1.807) is 0 Å². The Hall–Kier alpha value is -1.95. The molecule has 5 nitrogen and oxygen atoms in total. The molecule has 0 aliphatic heterocycles. The molecule has 0 bridgehead atoms. The molecular formula is C13H15N3O2S. The fourth-order valence-electron chi connectivity index (χ4n) is 1.73. The Morgan fingerprint density at radius 1 is 1.42 bits per heavy atom. The highest BCUT2D eigenvalue weighted by Gasteiger charge is 2.13. The number of hydrogen-bond donors (Lipinski definition) is 1. The fourth-order valence-corrected chi connectivity index (χ4v) is 2.45. The molecule has 6 heteroatoms. The normalized spacial score (nSPS) is 12.1. The van der Waals surface area contributed by atoms with Crippen LogP contribution in [0.1, 0.15) is 31.0 Å². The molecule has 2 rings (SSSR count). The number of aromatic nitrogens is 1. The Balaban J connectivity index is 2.06. The predicted octanol–water partition coefficient (Wildman–Crippen LogP) is 3.79. The molecule has 100 valence electrons. The topological polar surface area (TPSA) is 68.1 Å². The number of hydrogen-bond acceptors (Lipinski definition) is 5. The van der Waals surface area contributed by atoms with Crippen molar-refractivity contribution < 1.29 is 4.92 Å². The van der Waals surface area contributed by atoms with Crippen LogP contribution >= 0.6 is 11.3 Å². The van der Waals surface area contributed by atoms with Gasteiger partial charge in [-0.25, -0.2) is 4.98 Å². The summed E-state index contributed by atoms with van der Waals surface area (Å²) in [5.74, 6) is 0. The zero-order valence-corrected chi connectivity index (χ0v) is 11.6. The smallest absolute Gasteiger partial charge is 0.345 e. The average molecular weight is 277 g/mol. The van der Waals surface area contributed by atoms with Crippen LogP contribution in [0.2, 0.25) is 0 Å². The summed E-state index contributed by atoms with van der Waals surface area (Å²) in [6.07, 6.45) is 2.29. The van der Waals surface area contributed by atoms with Crippen LogP contribution in [0.3, 0.4) is 0 Å². The van der Waals surface area contributed by atoms with Gasteiger partial charge in [0.15, 0.2) is 5.13 Å². The zero-order valence-electron chi connectivity index (χ0n) is 10.8. The summed E-state index contributed by atoms with van der Waals surface area (Å²) >= 11 is 1.05. The fraction of sp³-hybridized carbons (Fsp3) is 0.308. The van der Waals surface area contributed by atoms with E-state index < -0.39 is 4.92 Å². The molecule has 0 aliphatic carbocycles. The van der Waals surface area contributed by atoms with Gasteiger partial charge < -0.3 is 5.32 Å². The first-order valence-electron chi connectivity index (χ1n) is 6.05. The molecule has 0 aliphatic rings. The third-order valence-corrected chi connectivity index (χ3v) is 3.78. The molecule has 1 unspecified atom stereocenters. The number of thiazole rings is 1. The molecule has 1 atom stereocenters. The number of rotatable bonds is 5. The van der Waals surface area contributed by atoms with E-state index in [4.69, 9.17) is 0 Å². The molecule has 0 fully saturated rings. The summed E-state index contributed by atoms with van der Waals surface area (Å²) in [5.41, 5.74) is 2.43. The van der Waals surface area contributed by atoms with Gasteiger partial charge in [0.05, 0.1) is 11.0 Å². The van der Waals surface area contributed by atoms with E-state index >= 15 is 0 Å². The average Bonchev–Trinajstić information content (AvgIpc) is 2.87. The molecule has 0 saturated carbocycles. The summed E-state index contributed by atoms with van der Waals surface area (Å²) in [6, 6.07) is 8.39. The molecule has 1 aromatic carbocycles. The predicted molar refractivity (Wildman–Crippen MR) is 76.6 cm³/mol. The second-order valence-corrected chi connectivity index (χ2v) is 5.23. The minimum Gasteiger partial charge on any atom is -0.355 e. The number of nitrogens with one attached hydrogen (secondary N) is 1. The van der Waals surface area contributed by atoms with Gasteiger partial charge in [-0.15, -0.1) is 0 Å². The molecule has 1 aromatic heterocycles. The number of nitrogens with zero attached hydrogens (tertiary/aromatic N) is 2. The van der Waals surface area contributed by atoms with Crippen LogP contribution in [0.5, 0.6) is 0 Å². The van der Waals surface area contributed by atoms with Gasteiger partial charge in [0.1, 0.15) is 6.20 Å². The van der Waals surface area contributed by atoms with Crippen molar-refractivity contribution in [2.75, 3.05) is 5.32 Å². The summed E-state index contributed by atoms with van der Waals surface area (Å²) < 4.78 is 0. The van der Waals surface area contributed by atoms with Crippen LogP contribution in [0.25, 0.3) is 0 Å². The Labute approximate surface area is 115 Å². The third kappa shape index (κ3) is 3.29.